The van der Waals surface area contributed by atoms with Crippen LogP contribution in [0.3, 0.4) is 0 Å². The fraction of sp³-hybridized carbons (Fsp3) is 0.120. The van der Waals surface area contributed by atoms with Gasteiger partial charge in [0.2, 0.25) is 5.91 Å². The van der Waals surface area contributed by atoms with Crippen molar-refractivity contribution >= 4 is 45.0 Å². The van der Waals surface area contributed by atoms with Crippen LogP contribution in [0.2, 0.25) is 0 Å². The van der Waals surface area contributed by atoms with Crippen LogP contribution in [0.4, 0.5) is 5.69 Å². The zero-order valence-corrected chi connectivity index (χ0v) is 19.7. The molecule has 0 bridgehead atoms. The number of aromatic amines is 2. The number of rotatable bonds is 5. The number of carbonyl (C=O) groups is 1. The van der Waals surface area contributed by atoms with Crippen LogP contribution in [0, 0.1) is 5.92 Å². The highest BCUT2D eigenvalue weighted by Crippen LogP contribution is 2.33. The van der Waals surface area contributed by atoms with Crippen LogP contribution in [0.15, 0.2) is 60.5 Å². The van der Waals surface area contributed by atoms with E-state index in [9.17, 15) is 4.79 Å². The number of fused-ring (bicyclic) bond motifs is 2. The third-order valence-corrected chi connectivity index (χ3v) is 6.58. The van der Waals surface area contributed by atoms with E-state index in [2.05, 4.69) is 41.5 Å². The molecule has 35 heavy (non-hydrogen) atoms. The number of pyridine rings is 3. The molecule has 1 amide bonds. The molecule has 0 saturated heterocycles. The minimum Gasteiger partial charge on any atom is -0.335 e. The summed E-state index contributed by atoms with van der Waals surface area (Å²) in [6, 6.07) is 9.89. The molecule has 6 aromatic heterocycles. The van der Waals surface area contributed by atoms with Crippen LogP contribution in [0.25, 0.3) is 55.3 Å². The summed E-state index contributed by atoms with van der Waals surface area (Å²) in [4.78, 5) is 34.7. The Labute approximate surface area is 203 Å². The first kappa shape index (κ1) is 21.1. The van der Waals surface area contributed by atoms with Crippen LogP contribution in [-0.4, -0.2) is 41.0 Å². The molecule has 0 atom stereocenters. The lowest BCUT2D eigenvalue weighted by Gasteiger charge is -2.08. The van der Waals surface area contributed by atoms with Gasteiger partial charge < -0.3 is 10.3 Å². The Morgan fingerprint density at radius 3 is 2.86 bits per heavy atom. The van der Waals surface area contributed by atoms with Gasteiger partial charge in [0.1, 0.15) is 5.69 Å². The molecule has 9 nitrogen and oxygen atoms in total. The predicted octanol–water partition coefficient (Wildman–Crippen LogP) is 5.28. The van der Waals surface area contributed by atoms with Crippen molar-refractivity contribution in [2.24, 2.45) is 5.92 Å². The number of H-pyrrole nitrogens is 2. The molecular weight excluding hydrogens is 460 g/mol. The maximum absolute atomic E-state index is 12.1. The van der Waals surface area contributed by atoms with Gasteiger partial charge in [0, 0.05) is 39.7 Å². The summed E-state index contributed by atoms with van der Waals surface area (Å²) < 4.78 is 0. The molecule has 0 unspecified atom stereocenters. The summed E-state index contributed by atoms with van der Waals surface area (Å²) in [7, 11) is 0. The van der Waals surface area contributed by atoms with E-state index in [1.807, 2.05) is 43.5 Å². The number of anilines is 1. The van der Waals surface area contributed by atoms with E-state index in [1.165, 1.54) is 0 Å². The summed E-state index contributed by atoms with van der Waals surface area (Å²) in [5, 5.41) is 13.3. The van der Waals surface area contributed by atoms with Crippen molar-refractivity contribution in [2.75, 3.05) is 5.32 Å². The Bertz CT molecular complexity index is 1680. The highest BCUT2D eigenvalue weighted by Gasteiger charge is 2.17. The fourth-order valence-corrected chi connectivity index (χ4v) is 4.61. The van der Waals surface area contributed by atoms with Gasteiger partial charge in [-0.1, -0.05) is 19.9 Å². The van der Waals surface area contributed by atoms with Crippen molar-refractivity contribution in [1.82, 2.24) is 35.1 Å². The molecule has 0 aliphatic rings. The number of thiophene rings is 1. The zero-order chi connectivity index (χ0) is 23.9. The smallest absolute Gasteiger partial charge is 0.226 e. The Morgan fingerprint density at radius 1 is 1.11 bits per heavy atom. The summed E-state index contributed by atoms with van der Waals surface area (Å²) in [6.07, 6.45) is 6.85. The topological polar surface area (TPSA) is 125 Å². The van der Waals surface area contributed by atoms with Gasteiger partial charge in [-0.15, -0.1) is 11.3 Å². The molecule has 0 spiro atoms. The summed E-state index contributed by atoms with van der Waals surface area (Å²) in [5.41, 5.74) is 6.14. The van der Waals surface area contributed by atoms with E-state index in [-0.39, 0.29) is 11.8 Å². The zero-order valence-electron chi connectivity index (χ0n) is 18.9. The van der Waals surface area contributed by atoms with E-state index in [1.54, 1.807) is 36.1 Å². The summed E-state index contributed by atoms with van der Waals surface area (Å²) in [5.74, 6) is 0.432. The van der Waals surface area contributed by atoms with Gasteiger partial charge in [0.15, 0.2) is 11.5 Å². The molecule has 0 fully saturated rings. The third-order valence-electron chi connectivity index (χ3n) is 5.68. The lowest BCUT2D eigenvalue weighted by molar-refractivity contribution is -0.118. The first-order valence-electron chi connectivity index (χ1n) is 11.1. The maximum Gasteiger partial charge on any atom is 0.226 e. The summed E-state index contributed by atoms with van der Waals surface area (Å²) >= 11 is 1.67. The number of hydrogen-bond acceptors (Lipinski definition) is 7. The van der Waals surface area contributed by atoms with E-state index < -0.39 is 0 Å². The summed E-state index contributed by atoms with van der Waals surface area (Å²) in [6.45, 7) is 3.69. The average molecular weight is 481 g/mol. The minimum atomic E-state index is -0.125. The molecule has 0 aliphatic heterocycles. The van der Waals surface area contributed by atoms with Crippen LogP contribution in [0.5, 0.6) is 0 Å². The largest absolute Gasteiger partial charge is 0.335 e. The molecule has 0 saturated carbocycles. The molecule has 0 radical (unpaired) electrons. The van der Waals surface area contributed by atoms with E-state index in [0.717, 1.165) is 32.4 Å². The maximum atomic E-state index is 12.1. The van der Waals surface area contributed by atoms with Crippen molar-refractivity contribution < 1.29 is 4.79 Å². The van der Waals surface area contributed by atoms with Gasteiger partial charge in [0.05, 0.1) is 34.8 Å². The van der Waals surface area contributed by atoms with Gasteiger partial charge in [-0.25, -0.2) is 9.97 Å². The van der Waals surface area contributed by atoms with Crippen LogP contribution in [0.1, 0.15) is 13.8 Å². The highest BCUT2D eigenvalue weighted by atomic mass is 32.1. The molecule has 6 aromatic rings. The first-order chi connectivity index (χ1) is 17.1. The van der Waals surface area contributed by atoms with Gasteiger partial charge >= 0.3 is 0 Å². The molecule has 0 aromatic carbocycles. The molecule has 3 N–H and O–H groups in total. The Morgan fingerprint density at radius 2 is 2.03 bits per heavy atom. The SMILES string of the molecule is CC(C)C(=O)Nc1cncc(-c2cc3c(-c4nc5nccc(-c6cccs6)c5[nH]4)n[nH]c3cn2)c1. The fourth-order valence-electron chi connectivity index (χ4n) is 3.85. The van der Waals surface area contributed by atoms with Crippen LogP contribution >= 0.6 is 11.3 Å². The molecule has 0 aliphatic carbocycles. The average Bonchev–Trinajstić information content (AvgIpc) is 3.62. The second kappa shape index (κ2) is 8.41. The van der Waals surface area contributed by atoms with Gasteiger partial charge in [-0.2, -0.15) is 5.10 Å². The molecule has 172 valence electrons. The number of aromatic nitrogens is 7. The third kappa shape index (κ3) is 3.83. The second-order valence-corrected chi connectivity index (χ2v) is 9.36. The monoisotopic (exact) mass is 480 g/mol. The Hall–Kier alpha value is -4.44. The number of hydrogen-bond donors (Lipinski definition) is 3. The normalized spacial score (nSPS) is 11.5. The van der Waals surface area contributed by atoms with Gasteiger partial charge in [-0.3, -0.25) is 19.9 Å². The van der Waals surface area contributed by atoms with E-state index in [0.29, 0.717) is 28.5 Å². The van der Waals surface area contributed by atoms with Crippen LogP contribution < -0.4 is 5.32 Å². The molecule has 6 heterocycles. The van der Waals surface area contributed by atoms with Crippen molar-refractivity contribution in [3.63, 3.8) is 0 Å². The minimum absolute atomic E-state index is 0.0649. The Balaban J connectivity index is 1.41. The van der Waals surface area contributed by atoms with Crippen LogP contribution in [-0.2, 0) is 4.79 Å². The van der Waals surface area contributed by atoms with Crippen molar-refractivity contribution in [3.8, 4) is 33.2 Å². The van der Waals surface area contributed by atoms with Crippen molar-refractivity contribution in [1.29, 1.82) is 0 Å². The lowest BCUT2D eigenvalue weighted by Crippen LogP contribution is -2.17. The van der Waals surface area contributed by atoms with E-state index in [4.69, 9.17) is 4.98 Å². The number of amides is 1. The Kier molecular flexibility index (Phi) is 5.07. The quantitative estimate of drug-likeness (QED) is 0.308. The van der Waals surface area contributed by atoms with Crippen molar-refractivity contribution in [3.05, 3.63) is 60.5 Å². The highest BCUT2D eigenvalue weighted by molar-refractivity contribution is 7.13. The number of imidazole rings is 1. The number of nitrogens with zero attached hydrogens (tertiary/aromatic N) is 5. The van der Waals surface area contributed by atoms with Gasteiger partial charge in [0.25, 0.3) is 0 Å². The number of nitrogens with one attached hydrogen (secondary N) is 3. The standard InChI is InChI=1S/C25H20N8OS/c1-13(2)25(34)29-15-8-14(10-26-11-15)18-9-17-19(12-28-18)32-33-22(17)24-30-21-16(20-4-3-7-35-20)5-6-27-23(21)31-24/h3-13H,1-2H3,(H,29,34)(H,32,33)(H,27,30,31). The molecular formula is C25H20N8OS. The predicted molar refractivity (Wildman–Crippen MR) is 137 cm³/mol. The molecule has 6 rings (SSSR count). The second-order valence-electron chi connectivity index (χ2n) is 8.41. The van der Waals surface area contributed by atoms with E-state index >= 15 is 0 Å². The number of carbonyl (C=O) groups excluding carboxylic acids is 1. The molecule has 10 heteroatoms. The lowest BCUT2D eigenvalue weighted by atomic mass is 10.1. The van der Waals surface area contributed by atoms with Gasteiger partial charge in [-0.05, 0) is 29.6 Å². The van der Waals surface area contributed by atoms with Crippen molar-refractivity contribution in [2.45, 2.75) is 13.8 Å². The first-order valence-corrected chi connectivity index (χ1v) is 11.9.